The van der Waals surface area contributed by atoms with E-state index in [0.717, 1.165) is 11.1 Å². The van der Waals surface area contributed by atoms with E-state index in [1.165, 1.54) is 11.3 Å². The van der Waals surface area contributed by atoms with Crippen LogP contribution in [0.3, 0.4) is 0 Å². The molecule has 1 aliphatic heterocycles. The van der Waals surface area contributed by atoms with Gasteiger partial charge in [0.25, 0.3) is 0 Å². The first-order valence-electron chi connectivity index (χ1n) is 7.41. The lowest BCUT2D eigenvalue weighted by molar-refractivity contribution is -0.0516. The highest BCUT2D eigenvalue weighted by molar-refractivity contribution is 7.08. The van der Waals surface area contributed by atoms with Crippen molar-refractivity contribution in [2.45, 2.75) is 24.5 Å². The van der Waals surface area contributed by atoms with E-state index < -0.39 is 31.1 Å². The van der Waals surface area contributed by atoms with Crippen LogP contribution in [0.15, 0.2) is 23.0 Å². The SMILES string of the molecule is CNc1c(C(=N)N)c(-c2ccsc2)cn1C1OC(CO)C(O)C1O. The van der Waals surface area contributed by atoms with E-state index in [0.29, 0.717) is 11.4 Å². The molecule has 3 rings (SSSR count). The minimum atomic E-state index is -1.21. The summed E-state index contributed by atoms with van der Waals surface area (Å²) in [5.74, 6) is 0.379. The molecule has 0 radical (unpaired) electrons. The van der Waals surface area contributed by atoms with Crippen molar-refractivity contribution >= 4 is 23.0 Å². The normalized spacial score (nSPS) is 26.7. The zero-order valence-corrected chi connectivity index (χ0v) is 13.8. The quantitative estimate of drug-likeness (QED) is 0.335. The summed E-state index contributed by atoms with van der Waals surface area (Å²) >= 11 is 1.52. The number of hydrogen-bond acceptors (Lipinski definition) is 7. The van der Waals surface area contributed by atoms with Gasteiger partial charge in [0.1, 0.15) is 30.0 Å². The highest BCUT2D eigenvalue weighted by Crippen LogP contribution is 2.38. The first kappa shape index (κ1) is 16.9. The monoisotopic (exact) mass is 352 g/mol. The van der Waals surface area contributed by atoms with Gasteiger partial charge in [-0.3, -0.25) is 5.41 Å². The van der Waals surface area contributed by atoms with Gasteiger partial charge in [0.15, 0.2) is 6.23 Å². The van der Waals surface area contributed by atoms with Gasteiger partial charge in [0, 0.05) is 18.8 Å². The zero-order valence-electron chi connectivity index (χ0n) is 13.0. The van der Waals surface area contributed by atoms with Crippen LogP contribution < -0.4 is 11.1 Å². The topological polar surface area (TPSA) is 137 Å². The van der Waals surface area contributed by atoms with Gasteiger partial charge in [-0.1, -0.05) is 0 Å². The van der Waals surface area contributed by atoms with Crippen molar-refractivity contribution in [3.63, 3.8) is 0 Å². The van der Waals surface area contributed by atoms with Crippen LogP contribution in [0.5, 0.6) is 0 Å². The fourth-order valence-electron chi connectivity index (χ4n) is 3.00. The minimum Gasteiger partial charge on any atom is -0.394 e. The number of rotatable bonds is 5. The molecule has 1 saturated heterocycles. The van der Waals surface area contributed by atoms with Crippen LogP contribution in [-0.4, -0.2) is 57.7 Å². The summed E-state index contributed by atoms with van der Waals surface area (Å²) in [5, 5.41) is 44.3. The van der Waals surface area contributed by atoms with Crippen LogP contribution in [0.25, 0.3) is 11.1 Å². The van der Waals surface area contributed by atoms with Gasteiger partial charge in [-0.25, -0.2) is 0 Å². The summed E-state index contributed by atoms with van der Waals surface area (Å²) in [5.41, 5.74) is 7.88. The second-order valence-corrected chi connectivity index (χ2v) is 6.36. The number of nitrogen functional groups attached to an aromatic ring is 1. The lowest BCUT2D eigenvalue weighted by Crippen LogP contribution is -2.33. The van der Waals surface area contributed by atoms with E-state index in [-0.39, 0.29) is 5.84 Å². The number of thiophene rings is 1. The van der Waals surface area contributed by atoms with Crippen LogP contribution in [0.4, 0.5) is 5.82 Å². The van der Waals surface area contributed by atoms with Crippen molar-refractivity contribution in [1.29, 1.82) is 5.41 Å². The molecule has 9 heteroatoms. The van der Waals surface area contributed by atoms with E-state index >= 15 is 0 Å². The molecule has 0 saturated carbocycles. The number of nitrogens with two attached hydrogens (primary N) is 1. The Morgan fingerprint density at radius 2 is 2.21 bits per heavy atom. The van der Waals surface area contributed by atoms with Gasteiger partial charge in [-0.2, -0.15) is 11.3 Å². The van der Waals surface area contributed by atoms with Crippen LogP contribution in [0.1, 0.15) is 11.8 Å². The highest BCUT2D eigenvalue weighted by atomic mass is 32.1. The first-order valence-corrected chi connectivity index (χ1v) is 8.35. The molecule has 1 aliphatic rings. The molecule has 7 N–H and O–H groups in total. The third kappa shape index (κ3) is 2.60. The van der Waals surface area contributed by atoms with E-state index in [1.54, 1.807) is 17.8 Å². The molecule has 3 heterocycles. The summed E-state index contributed by atoms with van der Waals surface area (Å²) in [4.78, 5) is 0. The second-order valence-electron chi connectivity index (χ2n) is 5.58. The van der Waals surface area contributed by atoms with Crippen LogP contribution in [-0.2, 0) is 4.74 Å². The molecule has 0 aromatic carbocycles. The molecule has 4 atom stereocenters. The number of ether oxygens (including phenoxy) is 1. The van der Waals surface area contributed by atoms with Crippen molar-refractivity contribution in [2.75, 3.05) is 19.0 Å². The minimum absolute atomic E-state index is 0.119. The second kappa shape index (κ2) is 6.54. The maximum atomic E-state index is 10.3. The number of nitrogens with one attached hydrogen (secondary N) is 2. The van der Waals surface area contributed by atoms with Crippen LogP contribution in [0, 0.1) is 5.41 Å². The Hall–Kier alpha value is -1.91. The molecule has 0 spiro atoms. The standard InChI is InChI=1S/C15H20N4O4S/c1-18-14-10(13(16)17)8(7-2-3-24-6-7)4-19(14)15-12(22)11(21)9(5-20)23-15/h2-4,6,9,11-12,15,18,20-22H,5H2,1H3,(H3,16,17). The number of aliphatic hydroxyl groups excluding tert-OH is 3. The molecule has 130 valence electrons. The van der Waals surface area contributed by atoms with E-state index in [1.807, 2.05) is 16.8 Å². The van der Waals surface area contributed by atoms with E-state index in [2.05, 4.69) is 5.32 Å². The lowest BCUT2D eigenvalue weighted by Gasteiger charge is -2.20. The molecule has 24 heavy (non-hydrogen) atoms. The van der Waals surface area contributed by atoms with Crippen molar-refractivity contribution in [2.24, 2.45) is 5.73 Å². The molecular weight excluding hydrogens is 332 g/mol. The Bertz CT molecular complexity index is 730. The van der Waals surface area contributed by atoms with Gasteiger partial charge >= 0.3 is 0 Å². The third-order valence-electron chi connectivity index (χ3n) is 4.16. The molecule has 0 bridgehead atoms. The Balaban J connectivity index is 2.12. The molecule has 8 nitrogen and oxygen atoms in total. The van der Waals surface area contributed by atoms with Crippen LogP contribution in [0.2, 0.25) is 0 Å². The van der Waals surface area contributed by atoms with Gasteiger partial charge in [0.05, 0.1) is 12.2 Å². The summed E-state index contributed by atoms with van der Waals surface area (Å²) in [7, 11) is 1.68. The molecule has 1 fully saturated rings. The molecule has 4 unspecified atom stereocenters. The predicted octanol–water partition coefficient (Wildman–Crippen LogP) is 0.154. The number of anilines is 1. The molecule has 2 aromatic heterocycles. The summed E-state index contributed by atoms with van der Waals surface area (Å²) in [6.07, 6.45) is -2.45. The summed E-state index contributed by atoms with van der Waals surface area (Å²) < 4.78 is 7.20. The maximum absolute atomic E-state index is 10.3. The van der Waals surface area contributed by atoms with Crippen molar-refractivity contribution in [3.8, 4) is 11.1 Å². The Labute approximate surface area is 142 Å². The van der Waals surface area contributed by atoms with Crippen molar-refractivity contribution in [1.82, 2.24) is 4.57 Å². The number of aliphatic hydroxyl groups is 3. The number of aromatic nitrogens is 1. The van der Waals surface area contributed by atoms with Crippen LogP contribution >= 0.6 is 11.3 Å². The fourth-order valence-corrected chi connectivity index (χ4v) is 3.65. The first-order chi connectivity index (χ1) is 11.5. The van der Waals surface area contributed by atoms with Gasteiger partial charge < -0.3 is 35.7 Å². The Morgan fingerprint density at radius 1 is 1.46 bits per heavy atom. The predicted molar refractivity (Wildman–Crippen MR) is 91.3 cm³/mol. The van der Waals surface area contributed by atoms with Crippen molar-refractivity contribution in [3.05, 3.63) is 28.6 Å². The zero-order chi connectivity index (χ0) is 17.4. The molecular formula is C15H20N4O4S. The smallest absolute Gasteiger partial charge is 0.164 e. The van der Waals surface area contributed by atoms with E-state index in [4.69, 9.17) is 15.9 Å². The molecule has 0 amide bonds. The maximum Gasteiger partial charge on any atom is 0.164 e. The van der Waals surface area contributed by atoms with Gasteiger partial charge in [0.2, 0.25) is 0 Å². The highest BCUT2D eigenvalue weighted by Gasteiger charge is 2.44. The number of amidine groups is 1. The van der Waals surface area contributed by atoms with E-state index in [9.17, 15) is 15.3 Å². The largest absolute Gasteiger partial charge is 0.394 e. The average molecular weight is 352 g/mol. The average Bonchev–Trinajstić information content (AvgIpc) is 3.26. The summed E-state index contributed by atoms with van der Waals surface area (Å²) in [6.45, 7) is -0.401. The van der Waals surface area contributed by atoms with Gasteiger partial charge in [-0.05, 0) is 22.4 Å². The Morgan fingerprint density at radius 3 is 2.71 bits per heavy atom. The lowest BCUT2D eigenvalue weighted by atomic mass is 10.1. The fraction of sp³-hybridized carbons (Fsp3) is 0.400. The molecule has 2 aromatic rings. The molecule has 0 aliphatic carbocycles. The Kier molecular flexibility index (Phi) is 4.61. The van der Waals surface area contributed by atoms with Crippen molar-refractivity contribution < 1.29 is 20.1 Å². The number of hydrogen-bond donors (Lipinski definition) is 6. The summed E-state index contributed by atoms with van der Waals surface area (Å²) in [6, 6.07) is 1.91. The third-order valence-corrected chi connectivity index (χ3v) is 4.85. The number of nitrogens with zero attached hydrogens (tertiary/aromatic N) is 1. The van der Waals surface area contributed by atoms with Gasteiger partial charge in [-0.15, -0.1) is 0 Å².